The van der Waals surface area contributed by atoms with Gasteiger partial charge in [0.1, 0.15) is 5.01 Å². The normalized spacial score (nSPS) is 11.0. The zero-order valence-corrected chi connectivity index (χ0v) is 17.0. The van der Waals surface area contributed by atoms with Crippen molar-refractivity contribution >= 4 is 55.4 Å². The third kappa shape index (κ3) is 4.91. The van der Waals surface area contributed by atoms with Crippen molar-refractivity contribution in [2.24, 2.45) is 0 Å². The molecule has 0 bridgehead atoms. The summed E-state index contributed by atoms with van der Waals surface area (Å²) in [5, 5.41) is 13.9. The first-order chi connectivity index (χ1) is 13.4. The minimum absolute atomic E-state index is 0.0519. The van der Waals surface area contributed by atoms with Crippen LogP contribution in [0.25, 0.3) is 0 Å². The second kappa shape index (κ2) is 8.46. The number of nitrogens with one attached hydrogen (secondary N) is 3. The summed E-state index contributed by atoms with van der Waals surface area (Å²) in [7, 11) is -3.79. The van der Waals surface area contributed by atoms with Crippen LogP contribution in [0.5, 0.6) is 0 Å². The molecule has 2 aromatic heterocycles. The van der Waals surface area contributed by atoms with Gasteiger partial charge in [-0.1, -0.05) is 18.3 Å². The number of hydrogen-bond donors (Lipinski definition) is 3. The summed E-state index contributed by atoms with van der Waals surface area (Å²) in [5.41, 5.74) is 0.507. The van der Waals surface area contributed by atoms with E-state index in [4.69, 9.17) is 16.6 Å². The number of aryl methyl sites for hydroxylation is 1. The lowest BCUT2D eigenvalue weighted by Gasteiger charge is -2.10. The van der Waals surface area contributed by atoms with E-state index in [0.717, 1.165) is 5.01 Å². The number of amides is 1. The number of hydrogen-bond acceptors (Lipinski definition) is 8. The van der Waals surface area contributed by atoms with Gasteiger partial charge < -0.3 is 9.73 Å². The molecule has 2 heterocycles. The quantitative estimate of drug-likeness (QED) is 0.503. The molecular weight excluding hydrogens is 422 g/mol. The summed E-state index contributed by atoms with van der Waals surface area (Å²) in [6.45, 7) is 1.91. The van der Waals surface area contributed by atoms with E-state index < -0.39 is 15.9 Å². The van der Waals surface area contributed by atoms with Crippen molar-refractivity contribution in [2.75, 3.05) is 10.0 Å². The van der Waals surface area contributed by atoms with Crippen LogP contribution in [0, 0.1) is 0 Å². The first kappa shape index (κ1) is 19.9. The van der Waals surface area contributed by atoms with Gasteiger partial charge in [0, 0.05) is 5.69 Å². The Kier molecular flexibility index (Phi) is 6.02. The lowest BCUT2D eigenvalue weighted by Crippen LogP contribution is -2.33. The summed E-state index contributed by atoms with van der Waals surface area (Å²) in [6, 6.07) is 8.96. The van der Waals surface area contributed by atoms with E-state index in [1.807, 2.05) is 6.92 Å². The van der Waals surface area contributed by atoms with Crippen molar-refractivity contribution in [3.8, 4) is 0 Å². The van der Waals surface area contributed by atoms with Gasteiger partial charge in [0.15, 0.2) is 10.9 Å². The number of sulfonamides is 1. The number of carbonyl (C=O) groups excluding carboxylic acids is 1. The molecule has 0 saturated carbocycles. The molecule has 146 valence electrons. The van der Waals surface area contributed by atoms with Crippen LogP contribution in [0.2, 0.25) is 0 Å². The van der Waals surface area contributed by atoms with Crippen molar-refractivity contribution in [3.05, 3.63) is 53.4 Å². The Morgan fingerprint density at radius 3 is 2.57 bits per heavy atom. The summed E-state index contributed by atoms with van der Waals surface area (Å²) in [6.07, 6.45) is 2.06. The van der Waals surface area contributed by atoms with Crippen molar-refractivity contribution < 1.29 is 17.6 Å². The maximum Gasteiger partial charge on any atom is 0.293 e. The van der Waals surface area contributed by atoms with Crippen molar-refractivity contribution in [2.45, 2.75) is 18.2 Å². The molecule has 3 rings (SSSR count). The molecule has 0 saturated heterocycles. The number of benzene rings is 1. The lowest BCUT2D eigenvalue weighted by atomic mass is 10.3. The third-order valence-corrected chi connectivity index (χ3v) is 6.06. The molecule has 0 unspecified atom stereocenters. The van der Waals surface area contributed by atoms with Crippen LogP contribution in [-0.4, -0.2) is 29.6 Å². The first-order valence-corrected chi connectivity index (χ1v) is 10.7. The molecule has 1 aromatic carbocycles. The van der Waals surface area contributed by atoms with Crippen LogP contribution in [-0.2, 0) is 16.4 Å². The van der Waals surface area contributed by atoms with E-state index in [9.17, 15) is 13.2 Å². The number of thiocarbonyl (C=S) groups is 1. The molecule has 28 heavy (non-hydrogen) atoms. The molecule has 0 atom stereocenters. The van der Waals surface area contributed by atoms with Crippen LogP contribution in [0.3, 0.4) is 0 Å². The molecule has 12 heteroatoms. The Morgan fingerprint density at radius 2 is 1.96 bits per heavy atom. The molecule has 0 radical (unpaired) electrons. The SMILES string of the molecule is CCc1nnc(NS(=O)(=O)c2ccc(NC(=S)NC(=O)c3ccco3)cc2)s1. The fraction of sp³-hybridized carbons (Fsp3) is 0.125. The van der Waals surface area contributed by atoms with Crippen LogP contribution in [0.1, 0.15) is 22.5 Å². The van der Waals surface area contributed by atoms with Gasteiger partial charge >= 0.3 is 0 Å². The minimum Gasteiger partial charge on any atom is -0.459 e. The predicted molar refractivity (Wildman–Crippen MR) is 109 cm³/mol. The lowest BCUT2D eigenvalue weighted by molar-refractivity contribution is 0.0950. The second-order valence-corrected chi connectivity index (χ2v) is 8.52. The Morgan fingerprint density at radius 1 is 1.21 bits per heavy atom. The van der Waals surface area contributed by atoms with Gasteiger partial charge in [-0.3, -0.25) is 14.8 Å². The van der Waals surface area contributed by atoms with Crippen LogP contribution in [0.4, 0.5) is 10.8 Å². The summed E-state index contributed by atoms with van der Waals surface area (Å²) in [5.74, 6) is -0.367. The molecule has 0 aliphatic carbocycles. The topological polar surface area (TPSA) is 126 Å². The zero-order chi connectivity index (χ0) is 20.1. The van der Waals surface area contributed by atoms with Crippen molar-refractivity contribution in [1.82, 2.24) is 15.5 Å². The average Bonchev–Trinajstić information content (AvgIpc) is 3.33. The predicted octanol–water partition coefficient (Wildman–Crippen LogP) is 2.62. The van der Waals surface area contributed by atoms with Gasteiger partial charge in [0.05, 0.1) is 11.2 Å². The molecule has 0 spiro atoms. The highest BCUT2D eigenvalue weighted by Crippen LogP contribution is 2.21. The first-order valence-electron chi connectivity index (χ1n) is 7.98. The number of furan rings is 1. The van der Waals surface area contributed by atoms with Crippen molar-refractivity contribution in [1.29, 1.82) is 0 Å². The maximum absolute atomic E-state index is 12.4. The molecule has 0 fully saturated rings. The zero-order valence-electron chi connectivity index (χ0n) is 14.5. The van der Waals surface area contributed by atoms with Crippen molar-refractivity contribution in [3.63, 3.8) is 0 Å². The van der Waals surface area contributed by atoms with Gasteiger partial charge in [0.2, 0.25) is 5.13 Å². The van der Waals surface area contributed by atoms with Gasteiger partial charge in [-0.05, 0) is 55.0 Å². The smallest absolute Gasteiger partial charge is 0.293 e. The largest absolute Gasteiger partial charge is 0.459 e. The van der Waals surface area contributed by atoms with Gasteiger partial charge in [-0.25, -0.2) is 8.42 Å². The summed E-state index contributed by atoms with van der Waals surface area (Å²) >= 11 is 6.24. The van der Waals surface area contributed by atoms with Crippen LogP contribution >= 0.6 is 23.6 Å². The molecule has 9 nitrogen and oxygen atoms in total. The van der Waals surface area contributed by atoms with E-state index in [-0.39, 0.29) is 20.9 Å². The van der Waals surface area contributed by atoms with E-state index in [2.05, 4.69) is 25.6 Å². The minimum atomic E-state index is -3.79. The monoisotopic (exact) mass is 437 g/mol. The van der Waals surface area contributed by atoms with Crippen LogP contribution < -0.4 is 15.4 Å². The summed E-state index contributed by atoms with van der Waals surface area (Å²) < 4.78 is 32.2. The van der Waals surface area contributed by atoms with E-state index in [1.54, 1.807) is 6.07 Å². The maximum atomic E-state index is 12.4. The highest BCUT2D eigenvalue weighted by atomic mass is 32.2. The van der Waals surface area contributed by atoms with E-state index in [0.29, 0.717) is 12.1 Å². The Balaban J connectivity index is 1.62. The molecule has 1 amide bonds. The van der Waals surface area contributed by atoms with E-state index >= 15 is 0 Å². The molecule has 3 N–H and O–H groups in total. The summed E-state index contributed by atoms with van der Waals surface area (Å²) in [4.78, 5) is 11.9. The Labute approximate surface area is 170 Å². The fourth-order valence-corrected chi connectivity index (χ4v) is 4.18. The number of carbonyl (C=O) groups is 1. The Hall–Kier alpha value is -2.83. The van der Waals surface area contributed by atoms with Gasteiger partial charge in [0.25, 0.3) is 15.9 Å². The highest BCUT2D eigenvalue weighted by Gasteiger charge is 2.17. The Bertz CT molecular complexity index is 1080. The average molecular weight is 438 g/mol. The van der Waals surface area contributed by atoms with Gasteiger partial charge in [-0.15, -0.1) is 10.2 Å². The fourth-order valence-electron chi connectivity index (χ4n) is 2.06. The van der Waals surface area contributed by atoms with Gasteiger partial charge in [-0.2, -0.15) is 0 Å². The van der Waals surface area contributed by atoms with E-state index in [1.165, 1.54) is 47.9 Å². The second-order valence-electron chi connectivity index (χ2n) is 5.37. The number of anilines is 2. The third-order valence-electron chi connectivity index (χ3n) is 3.39. The number of nitrogens with zero attached hydrogens (tertiary/aromatic N) is 2. The molecule has 0 aliphatic heterocycles. The standard InChI is InChI=1S/C16H15N5O4S3/c1-2-13-19-20-16(27-13)21-28(23,24)11-7-5-10(6-8-11)17-15(26)18-14(22)12-4-3-9-25-12/h3-9H,2H2,1H3,(H,20,21)(H2,17,18,22,26). The van der Waals surface area contributed by atoms with Crippen LogP contribution in [0.15, 0.2) is 52.0 Å². The molecule has 3 aromatic rings. The number of rotatable bonds is 6. The highest BCUT2D eigenvalue weighted by molar-refractivity contribution is 7.93. The molecular formula is C16H15N5O4S3. The molecule has 0 aliphatic rings. The number of aromatic nitrogens is 2.